The van der Waals surface area contributed by atoms with Gasteiger partial charge in [-0.05, 0) is 56.0 Å². The van der Waals surface area contributed by atoms with Gasteiger partial charge in [-0.2, -0.15) is 0 Å². The van der Waals surface area contributed by atoms with E-state index in [0.29, 0.717) is 19.4 Å². The van der Waals surface area contributed by atoms with Crippen LogP contribution in [0.4, 0.5) is 5.82 Å². The number of fused-ring (bicyclic) bond motifs is 1. The van der Waals surface area contributed by atoms with Gasteiger partial charge in [-0.15, -0.1) is 0 Å². The van der Waals surface area contributed by atoms with Crippen LogP contribution in [0.2, 0.25) is 0 Å². The first-order chi connectivity index (χ1) is 17.8. The average molecular weight is 527 g/mol. The number of methoxy groups -OCH3 is 1. The first kappa shape index (κ1) is 25.0. The van der Waals surface area contributed by atoms with Gasteiger partial charge in [-0.3, -0.25) is 14.2 Å². The number of anilines is 1. The lowest BCUT2D eigenvalue weighted by Crippen LogP contribution is -2.36. The van der Waals surface area contributed by atoms with Gasteiger partial charge in [0.2, 0.25) is 5.91 Å². The maximum atomic E-state index is 13.4. The Bertz CT molecular complexity index is 1510. The Morgan fingerprint density at radius 3 is 2.65 bits per heavy atom. The van der Waals surface area contributed by atoms with Gasteiger partial charge >= 0.3 is 5.97 Å². The number of benzene rings is 1. The molecule has 1 N–H and O–H groups in total. The van der Waals surface area contributed by atoms with Crippen molar-refractivity contribution in [2.24, 2.45) is 0 Å². The van der Waals surface area contributed by atoms with Crippen LogP contribution < -0.4 is 10.9 Å². The van der Waals surface area contributed by atoms with Crippen LogP contribution in [-0.2, 0) is 24.1 Å². The Morgan fingerprint density at radius 2 is 2.00 bits per heavy atom. The van der Waals surface area contributed by atoms with Crippen molar-refractivity contribution in [2.45, 2.75) is 54.4 Å². The first-order valence-electron chi connectivity index (χ1n) is 12.0. The fraction of sp³-hybridized carbons (Fsp3) is 0.400. The van der Waals surface area contributed by atoms with E-state index in [0.717, 1.165) is 12.8 Å². The van der Waals surface area contributed by atoms with Crippen LogP contribution in [0.25, 0.3) is 10.9 Å². The summed E-state index contributed by atoms with van der Waals surface area (Å²) in [4.78, 5) is 47.0. The fourth-order valence-electron chi connectivity index (χ4n) is 4.43. The second-order valence-corrected chi connectivity index (χ2v) is 11.4. The summed E-state index contributed by atoms with van der Waals surface area (Å²) in [6.45, 7) is 0.582. The van der Waals surface area contributed by atoms with Crippen molar-refractivity contribution in [1.29, 1.82) is 0 Å². The largest absolute Gasteiger partial charge is 0.465 e. The first-order valence-corrected chi connectivity index (χ1v) is 13.5. The molecule has 1 saturated heterocycles. The molecule has 2 aromatic heterocycles. The van der Waals surface area contributed by atoms with Crippen molar-refractivity contribution in [3.8, 4) is 0 Å². The van der Waals surface area contributed by atoms with Crippen LogP contribution in [0, 0.1) is 0 Å². The molecule has 2 fully saturated rings. The SMILES string of the molecule is COC(=O)c1ccc(NC(=O)C(CC2CCCO2)n2cnc3cc(S(=O)(=O)C4CC4)ccc3c2=O)nc1. The van der Waals surface area contributed by atoms with Crippen molar-refractivity contribution in [2.75, 3.05) is 19.0 Å². The highest BCUT2D eigenvalue weighted by Crippen LogP contribution is 2.34. The third-order valence-corrected chi connectivity index (χ3v) is 8.89. The maximum Gasteiger partial charge on any atom is 0.339 e. The standard InChI is InChI=1S/C25H26N4O7S/c1-35-25(32)15-4-9-22(26-13-15)28-23(30)21(11-16-3-2-10-36-16)29-14-27-20-12-18(7-8-19(20)24(29)31)37(33,34)17-5-6-17/h4,7-9,12-14,16-17,21H,2-3,5-6,10-11H2,1H3,(H,26,28,30). The van der Waals surface area contributed by atoms with E-state index < -0.39 is 33.3 Å². The zero-order chi connectivity index (χ0) is 26.2. The van der Waals surface area contributed by atoms with Crippen LogP contribution in [-0.4, -0.2) is 59.9 Å². The number of amides is 1. The molecular formula is C25H26N4O7S. The molecule has 1 aliphatic heterocycles. The molecule has 2 unspecified atom stereocenters. The molecule has 1 aromatic carbocycles. The number of nitrogens with zero attached hydrogens (tertiary/aromatic N) is 3. The third kappa shape index (κ3) is 5.12. The summed E-state index contributed by atoms with van der Waals surface area (Å²) in [5.74, 6) is -0.847. The summed E-state index contributed by atoms with van der Waals surface area (Å²) < 4.78 is 36.9. The number of ether oxygens (including phenoxy) is 2. The van der Waals surface area contributed by atoms with Gasteiger partial charge in [0, 0.05) is 19.2 Å². The second kappa shape index (κ2) is 10.0. The molecule has 2 atom stereocenters. The molecule has 0 radical (unpaired) electrons. The number of aromatic nitrogens is 3. The monoisotopic (exact) mass is 526 g/mol. The molecule has 1 amide bonds. The highest BCUT2D eigenvalue weighted by molar-refractivity contribution is 7.92. The fourth-order valence-corrected chi connectivity index (χ4v) is 6.10. The molecule has 0 spiro atoms. The number of hydrogen-bond donors (Lipinski definition) is 1. The summed E-state index contributed by atoms with van der Waals surface area (Å²) in [6, 6.07) is 6.27. The minimum atomic E-state index is -3.44. The van der Waals surface area contributed by atoms with Crippen LogP contribution >= 0.6 is 0 Å². The minimum absolute atomic E-state index is 0.141. The van der Waals surface area contributed by atoms with Gasteiger partial charge in [-0.25, -0.2) is 23.2 Å². The van der Waals surface area contributed by atoms with Crippen LogP contribution in [0.3, 0.4) is 0 Å². The number of carbonyl (C=O) groups excluding carboxylic acids is 2. The Morgan fingerprint density at radius 1 is 1.19 bits per heavy atom. The predicted octanol–water partition coefficient (Wildman–Crippen LogP) is 2.26. The van der Waals surface area contributed by atoms with E-state index in [-0.39, 0.29) is 45.0 Å². The van der Waals surface area contributed by atoms with Gasteiger partial charge in [0.15, 0.2) is 9.84 Å². The highest BCUT2D eigenvalue weighted by Gasteiger charge is 2.37. The molecular weight excluding hydrogens is 500 g/mol. The van der Waals surface area contributed by atoms with Gasteiger partial charge in [-0.1, -0.05) is 0 Å². The lowest BCUT2D eigenvalue weighted by atomic mass is 10.1. The summed E-state index contributed by atoms with van der Waals surface area (Å²) in [6.07, 6.45) is 5.48. The minimum Gasteiger partial charge on any atom is -0.465 e. The molecule has 0 bridgehead atoms. The molecule has 11 nitrogen and oxygen atoms in total. The lowest BCUT2D eigenvalue weighted by Gasteiger charge is -2.22. The zero-order valence-electron chi connectivity index (χ0n) is 20.1. The smallest absolute Gasteiger partial charge is 0.339 e. The molecule has 1 aliphatic carbocycles. The van der Waals surface area contributed by atoms with Crippen molar-refractivity contribution >= 4 is 38.4 Å². The van der Waals surface area contributed by atoms with E-state index in [4.69, 9.17) is 4.74 Å². The second-order valence-electron chi connectivity index (χ2n) is 9.18. The number of hydrogen-bond acceptors (Lipinski definition) is 9. The number of carbonyl (C=O) groups is 2. The Labute approximate surface area is 212 Å². The molecule has 194 valence electrons. The molecule has 37 heavy (non-hydrogen) atoms. The Hall–Kier alpha value is -3.64. The van der Waals surface area contributed by atoms with E-state index >= 15 is 0 Å². The average Bonchev–Trinajstić information content (AvgIpc) is 3.65. The molecule has 3 aromatic rings. The van der Waals surface area contributed by atoms with Crippen molar-refractivity contribution in [3.05, 3.63) is 58.8 Å². The number of rotatable bonds is 8. The predicted molar refractivity (Wildman–Crippen MR) is 133 cm³/mol. The van der Waals surface area contributed by atoms with E-state index in [1.54, 1.807) is 0 Å². The number of pyridine rings is 1. The normalized spacial score (nSPS) is 18.5. The summed E-state index contributed by atoms with van der Waals surface area (Å²) in [5.41, 5.74) is 0.0150. The quantitative estimate of drug-likeness (QED) is 0.437. The van der Waals surface area contributed by atoms with Gasteiger partial charge in [0.1, 0.15) is 11.9 Å². The summed E-state index contributed by atoms with van der Waals surface area (Å²) in [7, 11) is -2.18. The van der Waals surface area contributed by atoms with Gasteiger partial charge < -0.3 is 14.8 Å². The third-order valence-electron chi connectivity index (χ3n) is 6.63. The van der Waals surface area contributed by atoms with E-state index in [2.05, 4.69) is 20.0 Å². The van der Waals surface area contributed by atoms with Gasteiger partial charge in [0.05, 0.1) is 46.2 Å². The van der Waals surface area contributed by atoms with E-state index in [9.17, 15) is 22.8 Å². The zero-order valence-corrected chi connectivity index (χ0v) is 20.9. The highest BCUT2D eigenvalue weighted by atomic mass is 32.2. The maximum absolute atomic E-state index is 13.4. The molecule has 1 saturated carbocycles. The van der Waals surface area contributed by atoms with E-state index in [1.165, 1.54) is 54.5 Å². The topological polar surface area (TPSA) is 147 Å². The van der Waals surface area contributed by atoms with Crippen molar-refractivity contribution < 1.29 is 27.5 Å². The Kier molecular flexibility index (Phi) is 6.78. The number of sulfone groups is 1. The van der Waals surface area contributed by atoms with Crippen LogP contribution in [0.15, 0.2) is 52.5 Å². The molecule has 12 heteroatoms. The van der Waals surface area contributed by atoms with Crippen molar-refractivity contribution in [3.63, 3.8) is 0 Å². The molecule has 3 heterocycles. The lowest BCUT2D eigenvalue weighted by molar-refractivity contribution is -0.120. The molecule has 2 aliphatic rings. The Balaban J connectivity index is 1.46. The van der Waals surface area contributed by atoms with Crippen molar-refractivity contribution in [1.82, 2.24) is 14.5 Å². The van der Waals surface area contributed by atoms with Crippen LogP contribution in [0.1, 0.15) is 48.5 Å². The number of esters is 1. The number of nitrogens with one attached hydrogen (secondary N) is 1. The molecule has 5 rings (SSSR count). The summed E-state index contributed by atoms with van der Waals surface area (Å²) >= 11 is 0. The summed E-state index contributed by atoms with van der Waals surface area (Å²) in [5, 5.41) is 2.53. The van der Waals surface area contributed by atoms with Gasteiger partial charge in [0.25, 0.3) is 5.56 Å². The van der Waals surface area contributed by atoms with Crippen LogP contribution in [0.5, 0.6) is 0 Å². The van der Waals surface area contributed by atoms with E-state index in [1.807, 2.05) is 0 Å².